The molecule has 1 aliphatic rings. The number of hydrazine groups is 1. The molecule has 8 heteroatoms. The molecule has 2 aromatic rings. The highest BCUT2D eigenvalue weighted by atomic mass is 35.5. The number of hydrogen-bond donors (Lipinski definition) is 2. The van der Waals surface area contributed by atoms with Crippen LogP contribution in [0.25, 0.3) is 11.3 Å². The van der Waals surface area contributed by atoms with Gasteiger partial charge in [-0.15, -0.1) is 11.3 Å². The van der Waals surface area contributed by atoms with Gasteiger partial charge < -0.3 is 9.64 Å². The van der Waals surface area contributed by atoms with Crippen molar-refractivity contribution in [2.45, 2.75) is 0 Å². The van der Waals surface area contributed by atoms with E-state index in [4.69, 9.17) is 22.2 Å². The summed E-state index contributed by atoms with van der Waals surface area (Å²) in [4.78, 5) is 17.5. The number of fused-ring (bicyclic) bond motifs is 1. The highest BCUT2D eigenvalue weighted by Crippen LogP contribution is 2.43. The van der Waals surface area contributed by atoms with E-state index in [1.165, 1.54) is 16.2 Å². The van der Waals surface area contributed by atoms with Crippen molar-refractivity contribution >= 4 is 39.7 Å². The molecule has 3 rings (SSSR count). The number of nitrogen functional groups attached to an aromatic ring is 1. The number of thiazole rings is 1. The van der Waals surface area contributed by atoms with Crippen LogP contribution in [-0.4, -0.2) is 24.5 Å². The Morgan fingerprint density at radius 2 is 2.35 bits per heavy atom. The normalized spacial score (nSPS) is 13.9. The quantitative estimate of drug-likeness (QED) is 0.656. The van der Waals surface area contributed by atoms with E-state index in [0.29, 0.717) is 27.3 Å². The van der Waals surface area contributed by atoms with E-state index >= 15 is 0 Å². The average molecular weight is 311 g/mol. The molecule has 2 heterocycles. The van der Waals surface area contributed by atoms with Crippen LogP contribution in [0.4, 0.5) is 10.8 Å². The molecule has 0 saturated heterocycles. The fourth-order valence-electron chi connectivity index (χ4n) is 2.00. The second kappa shape index (κ2) is 4.93. The molecule has 0 fully saturated rings. The van der Waals surface area contributed by atoms with Gasteiger partial charge in [0, 0.05) is 23.0 Å². The van der Waals surface area contributed by atoms with Gasteiger partial charge in [-0.1, -0.05) is 11.6 Å². The summed E-state index contributed by atoms with van der Waals surface area (Å²) in [5.41, 5.74) is 4.57. The Labute approximate surface area is 124 Å². The maximum atomic E-state index is 11.7. The molecule has 0 aliphatic carbocycles. The van der Waals surface area contributed by atoms with E-state index in [9.17, 15) is 4.79 Å². The van der Waals surface area contributed by atoms with Crippen LogP contribution in [-0.2, 0) is 4.79 Å². The number of anilines is 2. The van der Waals surface area contributed by atoms with Gasteiger partial charge in [-0.2, -0.15) is 0 Å². The Hall–Kier alpha value is -1.83. The minimum Gasteiger partial charge on any atom is -0.481 e. The highest BCUT2D eigenvalue weighted by molar-refractivity contribution is 7.14. The zero-order chi connectivity index (χ0) is 14.3. The summed E-state index contributed by atoms with van der Waals surface area (Å²) in [7, 11) is 1.69. The Morgan fingerprint density at radius 3 is 3.05 bits per heavy atom. The molecule has 0 spiro atoms. The molecule has 3 N–H and O–H groups in total. The fraction of sp³-hybridized carbons (Fsp3) is 0.167. The second-order valence-corrected chi connectivity index (χ2v) is 5.52. The van der Waals surface area contributed by atoms with E-state index in [1.54, 1.807) is 19.2 Å². The maximum Gasteiger partial charge on any atom is 0.264 e. The number of likely N-dealkylation sites (N-methyl/N-ethyl adjacent to an activating group) is 1. The number of carbonyl (C=O) groups is 1. The molecule has 1 aromatic carbocycles. The van der Waals surface area contributed by atoms with Crippen LogP contribution < -0.4 is 20.9 Å². The lowest BCUT2D eigenvalue weighted by Gasteiger charge is -2.27. The van der Waals surface area contributed by atoms with Crippen molar-refractivity contribution in [3.8, 4) is 17.0 Å². The minimum absolute atomic E-state index is 0.00423. The van der Waals surface area contributed by atoms with Gasteiger partial charge in [0.2, 0.25) is 0 Å². The topological polar surface area (TPSA) is 80.5 Å². The van der Waals surface area contributed by atoms with Gasteiger partial charge in [-0.25, -0.2) is 10.8 Å². The molecule has 0 bridgehead atoms. The largest absolute Gasteiger partial charge is 0.481 e. The van der Waals surface area contributed by atoms with Crippen LogP contribution in [0.5, 0.6) is 5.75 Å². The third kappa shape index (κ3) is 2.09. The third-order valence-corrected chi connectivity index (χ3v) is 4.00. The summed E-state index contributed by atoms with van der Waals surface area (Å²) in [6.07, 6.45) is 0. The van der Waals surface area contributed by atoms with E-state index in [-0.39, 0.29) is 12.5 Å². The lowest BCUT2D eigenvalue weighted by molar-refractivity contribution is -0.120. The van der Waals surface area contributed by atoms with Gasteiger partial charge in [0.05, 0.1) is 11.4 Å². The van der Waals surface area contributed by atoms with Crippen molar-refractivity contribution < 1.29 is 9.53 Å². The number of halogens is 1. The van der Waals surface area contributed by atoms with Gasteiger partial charge in [-0.3, -0.25) is 10.2 Å². The molecule has 1 aliphatic heterocycles. The molecule has 1 amide bonds. The number of aromatic nitrogens is 1. The second-order valence-electron chi connectivity index (χ2n) is 4.23. The van der Waals surface area contributed by atoms with E-state index in [1.807, 2.05) is 5.38 Å². The van der Waals surface area contributed by atoms with Crippen molar-refractivity contribution in [3.05, 3.63) is 22.5 Å². The monoisotopic (exact) mass is 310 g/mol. The minimum atomic E-state index is -0.117. The average Bonchev–Trinajstić information content (AvgIpc) is 2.91. The maximum absolute atomic E-state index is 11.7. The molecule has 0 radical (unpaired) electrons. The van der Waals surface area contributed by atoms with Gasteiger partial charge in [0.15, 0.2) is 17.5 Å². The predicted octanol–water partition coefficient (Wildman–Crippen LogP) is 2.10. The molecule has 104 valence electrons. The van der Waals surface area contributed by atoms with Gasteiger partial charge in [-0.05, 0) is 12.1 Å². The number of nitrogens with zero attached hydrogens (tertiary/aromatic N) is 2. The first-order valence-electron chi connectivity index (χ1n) is 5.75. The summed E-state index contributed by atoms with van der Waals surface area (Å²) < 4.78 is 5.55. The van der Waals surface area contributed by atoms with Crippen LogP contribution in [0.1, 0.15) is 0 Å². The Morgan fingerprint density at radius 1 is 1.55 bits per heavy atom. The molecule has 0 unspecified atom stereocenters. The Bertz CT molecular complexity index is 688. The van der Waals surface area contributed by atoms with Crippen molar-refractivity contribution in [3.63, 3.8) is 0 Å². The van der Waals surface area contributed by atoms with Crippen molar-refractivity contribution in [2.24, 2.45) is 5.84 Å². The molecule has 20 heavy (non-hydrogen) atoms. The van der Waals surface area contributed by atoms with Crippen LogP contribution in [0, 0.1) is 0 Å². The number of benzene rings is 1. The summed E-state index contributed by atoms with van der Waals surface area (Å²) >= 11 is 7.50. The van der Waals surface area contributed by atoms with Crippen LogP contribution in [0.3, 0.4) is 0 Å². The van der Waals surface area contributed by atoms with Crippen LogP contribution in [0.15, 0.2) is 17.5 Å². The molecular weight excluding hydrogens is 300 g/mol. The summed E-state index contributed by atoms with van der Waals surface area (Å²) in [6.45, 7) is 0.00423. The highest BCUT2D eigenvalue weighted by Gasteiger charge is 2.26. The number of amides is 1. The lowest BCUT2D eigenvalue weighted by Crippen LogP contribution is -2.35. The van der Waals surface area contributed by atoms with E-state index in [0.717, 1.165) is 5.56 Å². The van der Waals surface area contributed by atoms with Gasteiger partial charge >= 0.3 is 0 Å². The standard InChI is InChI=1S/C12H11ClN4O2S/c1-17-9-3-6(13)2-7(11(9)19-4-10(17)18)8-5-20-12(15-8)16-14/h2-3,5H,4,14H2,1H3,(H,15,16). The summed E-state index contributed by atoms with van der Waals surface area (Å²) in [5, 5.41) is 2.95. The number of rotatable bonds is 2. The zero-order valence-electron chi connectivity index (χ0n) is 10.5. The Kier molecular flexibility index (Phi) is 3.25. The smallest absolute Gasteiger partial charge is 0.264 e. The fourth-order valence-corrected chi connectivity index (χ4v) is 2.83. The van der Waals surface area contributed by atoms with Crippen molar-refractivity contribution in [2.75, 3.05) is 24.0 Å². The molecule has 6 nitrogen and oxygen atoms in total. The molecular formula is C12H11ClN4O2S. The van der Waals surface area contributed by atoms with Crippen LogP contribution in [0.2, 0.25) is 5.02 Å². The first-order chi connectivity index (χ1) is 9.60. The number of ether oxygens (including phenoxy) is 1. The van der Waals surface area contributed by atoms with E-state index < -0.39 is 0 Å². The summed E-state index contributed by atoms with van der Waals surface area (Å²) in [5.74, 6) is 5.82. The molecule has 0 atom stereocenters. The first-order valence-corrected chi connectivity index (χ1v) is 7.01. The summed E-state index contributed by atoms with van der Waals surface area (Å²) in [6, 6.07) is 3.46. The van der Waals surface area contributed by atoms with Crippen molar-refractivity contribution in [1.29, 1.82) is 0 Å². The van der Waals surface area contributed by atoms with Gasteiger partial charge in [0.1, 0.15) is 0 Å². The number of carbonyl (C=O) groups excluding carboxylic acids is 1. The Balaban J connectivity index is 2.16. The SMILES string of the molecule is CN1C(=O)COc2c(-c3csc(NN)n3)cc(Cl)cc21. The van der Waals surface area contributed by atoms with Crippen LogP contribution >= 0.6 is 22.9 Å². The predicted molar refractivity (Wildman–Crippen MR) is 79.3 cm³/mol. The number of hydrogen-bond acceptors (Lipinski definition) is 6. The van der Waals surface area contributed by atoms with Crippen molar-refractivity contribution in [1.82, 2.24) is 4.98 Å². The first kappa shape index (κ1) is 13.2. The lowest BCUT2D eigenvalue weighted by atomic mass is 10.1. The molecule has 0 saturated carbocycles. The number of nitrogens with two attached hydrogens (primary N) is 1. The number of nitrogens with one attached hydrogen (secondary N) is 1. The zero-order valence-corrected chi connectivity index (χ0v) is 12.1. The van der Waals surface area contributed by atoms with Gasteiger partial charge in [0.25, 0.3) is 5.91 Å². The molecule has 1 aromatic heterocycles. The third-order valence-electron chi connectivity index (χ3n) is 3.01. The van der Waals surface area contributed by atoms with E-state index in [2.05, 4.69) is 10.4 Å².